The van der Waals surface area contributed by atoms with Gasteiger partial charge in [0.2, 0.25) is 0 Å². The molecule has 0 radical (unpaired) electrons. The van der Waals surface area contributed by atoms with Crippen LogP contribution in [0.15, 0.2) is 36.4 Å². The third-order valence-electron chi connectivity index (χ3n) is 5.14. The summed E-state index contributed by atoms with van der Waals surface area (Å²) in [7, 11) is 3.66. The maximum Gasteiger partial charge on any atom is 0.260 e. The Bertz CT molecular complexity index is 1090. The number of carbonyl (C=O) groups excluding carboxylic acids is 2. The number of primary amides is 1. The molecule has 0 fully saturated rings. The molecule has 28 heavy (non-hydrogen) atoms. The van der Waals surface area contributed by atoms with Gasteiger partial charge in [0, 0.05) is 6.42 Å². The fraction of sp³-hybridized carbons (Fsp3) is 0.238. The van der Waals surface area contributed by atoms with E-state index in [-0.39, 0.29) is 5.91 Å². The normalized spacial score (nSPS) is 15.9. The van der Waals surface area contributed by atoms with Gasteiger partial charge in [-0.3, -0.25) is 9.59 Å². The number of likely N-dealkylation sites (N-methyl/N-ethyl adjacent to an activating group) is 1. The summed E-state index contributed by atoms with van der Waals surface area (Å²) in [6.07, 6.45) is 0.783. The second kappa shape index (κ2) is 7.26. The van der Waals surface area contributed by atoms with Gasteiger partial charge in [0.1, 0.15) is 17.3 Å². The summed E-state index contributed by atoms with van der Waals surface area (Å²) in [5, 5.41) is 5.37. The number of amides is 2. The van der Waals surface area contributed by atoms with Crippen LogP contribution in [-0.2, 0) is 13.0 Å². The van der Waals surface area contributed by atoms with Gasteiger partial charge in [0.05, 0.1) is 36.7 Å². The van der Waals surface area contributed by atoms with Crippen molar-refractivity contribution in [2.75, 3.05) is 26.0 Å². The molecule has 1 unspecified atom stereocenters. The van der Waals surface area contributed by atoms with Crippen molar-refractivity contribution in [3.05, 3.63) is 58.0 Å². The largest absolute Gasteiger partial charge is 0.496 e. The number of nitrogens with two attached hydrogens (primary N) is 1. The third-order valence-corrected chi connectivity index (χ3v) is 6.29. The van der Waals surface area contributed by atoms with E-state index >= 15 is 0 Å². The second-order valence-electron chi connectivity index (χ2n) is 7.06. The van der Waals surface area contributed by atoms with Crippen LogP contribution in [0.25, 0.3) is 10.8 Å². The van der Waals surface area contributed by atoms with Crippen molar-refractivity contribution in [3.8, 4) is 5.75 Å². The smallest absolute Gasteiger partial charge is 0.260 e. The number of quaternary nitrogens is 1. The molecule has 3 aromatic rings. The summed E-state index contributed by atoms with van der Waals surface area (Å²) >= 11 is 1.44. The zero-order valence-electron chi connectivity index (χ0n) is 15.8. The van der Waals surface area contributed by atoms with Crippen molar-refractivity contribution in [3.63, 3.8) is 0 Å². The summed E-state index contributed by atoms with van der Waals surface area (Å²) in [4.78, 5) is 27.6. The van der Waals surface area contributed by atoms with Gasteiger partial charge in [-0.05, 0) is 28.5 Å². The molecule has 0 aliphatic carbocycles. The Balaban J connectivity index is 1.73. The number of hydrogen-bond acceptors (Lipinski definition) is 4. The fourth-order valence-electron chi connectivity index (χ4n) is 3.71. The Kier molecular flexibility index (Phi) is 4.78. The summed E-state index contributed by atoms with van der Waals surface area (Å²) in [6, 6.07) is 11.4. The lowest BCUT2D eigenvalue weighted by Crippen LogP contribution is -3.08. The molecule has 1 aliphatic heterocycles. The van der Waals surface area contributed by atoms with Gasteiger partial charge in [0.25, 0.3) is 11.8 Å². The highest BCUT2D eigenvalue weighted by atomic mass is 32.1. The molecule has 0 saturated carbocycles. The van der Waals surface area contributed by atoms with Gasteiger partial charge in [0.15, 0.2) is 0 Å². The zero-order valence-corrected chi connectivity index (χ0v) is 16.6. The van der Waals surface area contributed by atoms with Crippen molar-refractivity contribution in [2.24, 2.45) is 5.73 Å². The van der Waals surface area contributed by atoms with Gasteiger partial charge in [-0.2, -0.15) is 0 Å². The maximum atomic E-state index is 13.0. The molecule has 2 amide bonds. The van der Waals surface area contributed by atoms with Crippen LogP contribution in [-0.4, -0.2) is 32.5 Å². The number of methoxy groups -OCH3 is 1. The summed E-state index contributed by atoms with van der Waals surface area (Å²) < 4.78 is 5.43. The van der Waals surface area contributed by atoms with Gasteiger partial charge in [-0.15, -0.1) is 11.3 Å². The van der Waals surface area contributed by atoms with Crippen LogP contribution in [0.5, 0.6) is 5.75 Å². The summed E-state index contributed by atoms with van der Waals surface area (Å²) in [5.74, 6) is -0.329. The summed E-state index contributed by atoms with van der Waals surface area (Å²) in [6.45, 7) is 1.77. The SMILES string of the molecule is COc1cc2ccccc2cc1C(=O)Nc1sc2c(c1C(N)=O)CC[NH+](C)C2. The van der Waals surface area contributed by atoms with Crippen molar-refractivity contribution >= 4 is 38.9 Å². The molecule has 1 atom stereocenters. The summed E-state index contributed by atoms with van der Waals surface area (Å²) in [5.41, 5.74) is 7.49. The van der Waals surface area contributed by atoms with E-state index < -0.39 is 5.91 Å². The molecule has 0 bridgehead atoms. The minimum absolute atomic E-state index is 0.315. The lowest BCUT2D eigenvalue weighted by Gasteiger charge is -2.19. The highest BCUT2D eigenvalue weighted by Gasteiger charge is 2.29. The van der Waals surface area contributed by atoms with Gasteiger partial charge in [-0.25, -0.2) is 0 Å². The minimum Gasteiger partial charge on any atom is -0.496 e. The van der Waals surface area contributed by atoms with Crippen molar-refractivity contribution in [1.29, 1.82) is 0 Å². The molecule has 0 spiro atoms. The zero-order chi connectivity index (χ0) is 19.8. The standard InChI is InChI=1S/C21H21N3O3S/c1-24-8-7-14-17(11-24)28-21(18(14)19(22)25)23-20(26)15-9-12-5-3-4-6-13(12)10-16(15)27-2/h3-6,9-10H,7-8,11H2,1-2H3,(H2,22,25)(H,23,26)/p+1. The van der Waals surface area contributed by atoms with E-state index in [1.54, 1.807) is 6.07 Å². The van der Waals surface area contributed by atoms with Crippen LogP contribution in [0.1, 0.15) is 31.2 Å². The highest BCUT2D eigenvalue weighted by Crippen LogP contribution is 2.35. The fourth-order valence-corrected chi connectivity index (χ4v) is 5.07. The van der Waals surface area contributed by atoms with Crippen LogP contribution in [0.2, 0.25) is 0 Å². The number of fused-ring (bicyclic) bond motifs is 2. The first-order valence-electron chi connectivity index (χ1n) is 9.11. The molecule has 0 saturated heterocycles. The van der Waals surface area contributed by atoms with Crippen molar-refractivity contribution < 1.29 is 19.2 Å². The third kappa shape index (κ3) is 3.23. The highest BCUT2D eigenvalue weighted by molar-refractivity contribution is 7.17. The number of ether oxygens (including phenoxy) is 1. The first kappa shape index (κ1) is 18.5. The van der Waals surface area contributed by atoms with E-state index in [1.165, 1.54) is 23.3 Å². The molecular weight excluding hydrogens is 374 g/mol. The number of thiophene rings is 1. The Morgan fingerprint density at radius 3 is 2.61 bits per heavy atom. The van der Waals surface area contributed by atoms with Crippen LogP contribution in [0, 0.1) is 0 Å². The molecular formula is C21H22N3O3S+. The Labute approximate surface area is 166 Å². The van der Waals surface area contributed by atoms with Crippen LogP contribution >= 0.6 is 11.3 Å². The molecule has 7 heteroatoms. The van der Waals surface area contributed by atoms with Crippen molar-refractivity contribution in [1.82, 2.24) is 0 Å². The maximum absolute atomic E-state index is 13.0. The van der Waals surface area contributed by atoms with E-state index in [9.17, 15) is 9.59 Å². The molecule has 144 valence electrons. The first-order chi connectivity index (χ1) is 13.5. The predicted octanol–water partition coefficient (Wildman–Crippen LogP) is 1.83. The monoisotopic (exact) mass is 396 g/mol. The topological polar surface area (TPSA) is 85.9 Å². The number of rotatable bonds is 4. The lowest BCUT2D eigenvalue weighted by atomic mass is 10.0. The molecule has 1 aromatic heterocycles. The van der Waals surface area contributed by atoms with Crippen LogP contribution in [0.3, 0.4) is 0 Å². The molecule has 4 N–H and O–H groups in total. The number of hydrogen-bond donors (Lipinski definition) is 3. The molecule has 2 heterocycles. The predicted molar refractivity (Wildman–Crippen MR) is 110 cm³/mol. The van der Waals surface area contributed by atoms with E-state index in [4.69, 9.17) is 10.5 Å². The van der Waals surface area contributed by atoms with E-state index in [1.807, 2.05) is 30.3 Å². The Morgan fingerprint density at radius 2 is 1.93 bits per heavy atom. The molecule has 2 aromatic carbocycles. The van der Waals surface area contributed by atoms with Gasteiger partial charge in [-0.1, -0.05) is 24.3 Å². The second-order valence-corrected chi connectivity index (χ2v) is 8.16. The first-order valence-corrected chi connectivity index (χ1v) is 9.93. The van der Waals surface area contributed by atoms with E-state index in [0.717, 1.165) is 40.7 Å². The van der Waals surface area contributed by atoms with Crippen LogP contribution < -0.4 is 20.7 Å². The quantitative estimate of drug-likeness (QED) is 0.629. The number of benzene rings is 2. The van der Waals surface area contributed by atoms with Crippen LogP contribution in [0.4, 0.5) is 5.00 Å². The average molecular weight is 396 g/mol. The van der Waals surface area contributed by atoms with Gasteiger partial charge >= 0.3 is 0 Å². The number of carbonyl (C=O) groups is 2. The lowest BCUT2D eigenvalue weighted by molar-refractivity contribution is -0.895. The number of nitrogens with one attached hydrogen (secondary N) is 2. The van der Waals surface area contributed by atoms with E-state index in [0.29, 0.717) is 21.9 Å². The Morgan fingerprint density at radius 1 is 1.21 bits per heavy atom. The molecule has 1 aliphatic rings. The molecule has 6 nitrogen and oxygen atoms in total. The Hall–Kier alpha value is -2.90. The average Bonchev–Trinajstić information content (AvgIpc) is 3.03. The van der Waals surface area contributed by atoms with Crippen molar-refractivity contribution in [2.45, 2.75) is 13.0 Å². The number of anilines is 1. The van der Waals surface area contributed by atoms with E-state index in [2.05, 4.69) is 12.4 Å². The molecule has 4 rings (SSSR count). The van der Waals surface area contributed by atoms with Gasteiger partial charge < -0.3 is 20.7 Å². The minimum atomic E-state index is -0.502.